The lowest BCUT2D eigenvalue weighted by Crippen LogP contribution is -2.39. The number of nitrogens with zero attached hydrogens (tertiary/aromatic N) is 1. The summed E-state index contributed by atoms with van der Waals surface area (Å²) in [6.45, 7) is 0.606. The van der Waals surface area contributed by atoms with Crippen LogP contribution in [0, 0.1) is 5.92 Å². The van der Waals surface area contributed by atoms with Gasteiger partial charge in [-0.2, -0.15) is 0 Å². The monoisotopic (exact) mass is 428 g/mol. The molecule has 2 aliphatic heterocycles. The number of para-hydroxylation sites is 1. The van der Waals surface area contributed by atoms with Crippen LogP contribution in [0.1, 0.15) is 18.4 Å². The SMILES string of the molecule is O=C(NCc1cccc(Oc2ccccc2)c1)[C@H]1CC(=O)N([C@H]2CCS(=O)(=O)C2)C1. The molecule has 2 heterocycles. The van der Waals surface area contributed by atoms with Gasteiger partial charge in [0.25, 0.3) is 0 Å². The first-order valence-electron chi connectivity index (χ1n) is 9.99. The Balaban J connectivity index is 1.32. The van der Waals surface area contributed by atoms with Gasteiger partial charge in [0, 0.05) is 25.6 Å². The highest BCUT2D eigenvalue weighted by Crippen LogP contribution is 2.26. The number of benzene rings is 2. The summed E-state index contributed by atoms with van der Waals surface area (Å²) in [7, 11) is -3.07. The molecule has 0 unspecified atom stereocenters. The van der Waals surface area contributed by atoms with Gasteiger partial charge in [-0.1, -0.05) is 30.3 Å². The fourth-order valence-electron chi connectivity index (χ4n) is 3.96. The molecular weight excluding hydrogens is 404 g/mol. The van der Waals surface area contributed by atoms with Crippen LogP contribution >= 0.6 is 0 Å². The van der Waals surface area contributed by atoms with Crippen LogP contribution in [0.4, 0.5) is 0 Å². The molecular formula is C22H24N2O5S. The summed E-state index contributed by atoms with van der Waals surface area (Å²) >= 11 is 0. The summed E-state index contributed by atoms with van der Waals surface area (Å²) in [5.74, 6) is 0.733. The number of likely N-dealkylation sites (tertiary alicyclic amines) is 1. The van der Waals surface area contributed by atoms with Crippen LogP contribution in [0.25, 0.3) is 0 Å². The highest BCUT2D eigenvalue weighted by atomic mass is 32.2. The molecule has 8 heteroatoms. The largest absolute Gasteiger partial charge is 0.457 e. The standard InChI is InChI=1S/C22H24N2O5S/c25-21-12-17(14-24(21)18-9-10-30(27,28)15-18)22(26)23-13-16-5-4-8-20(11-16)29-19-6-2-1-3-7-19/h1-8,11,17-18H,9-10,12-15H2,(H,23,26)/t17-,18-/m0/s1. The third-order valence-corrected chi connectivity index (χ3v) is 7.27. The van der Waals surface area contributed by atoms with Gasteiger partial charge >= 0.3 is 0 Å². The van der Waals surface area contributed by atoms with Crippen molar-refractivity contribution in [3.63, 3.8) is 0 Å². The molecule has 0 aliphatic carbocycles. The zero-order chi connectivity index (χ0) is 21.1. The number of hydrogen-bond donors (Lipinski definition) is 1. The number of amides is 2. The number of carbonyl (C=O) groups is 2. The third kappa shape index (κ3) is 4.81. The summed E-state index contributed by atoms with van der Waals surface area (Å²) in [5, 5.41) is 2.89. The fraction of sp³-hybridized carbons (Fsp3) is 0.364. The Labute approximate surface area is 175 Å². The summed E-state index contributed by atoms with van der Waals surface area (Å²) in [4.78, 5) is 26.5. The molecule has 2 amide bonds. The van der Waals surface area contributed by atoms with Gasteiger partial charge in [0.15, 0.2) is 9.84 Å². The second-order valence-electron chi connectivity index (χ2n) is 7.78. The van der Waals surface area contributed by atoms with Crippen LogP contribution in [-0.4, -0.2) is 49.2 Å². The Morgan fingerprint density at radius 2 is 1.87 bits per heavy atom. The Morgan fingerprint density at radius 3 is 2.60 bits per heavy atom. The van der Waals surface area contributed by atoms with Gasteiger partial charge in [-0.05, 0) is 36.2 Å². The minimum absolute atomic E-state index is 0.00128. The average molecular weight is 429 g/mol. The molecule has 0 aromatic heterocycles. The first-order chi connectivity index (χ1) is 14.4. The minimum atomic E-state index is -3.07. The van der Waals surface area contributed by atoms with Crippen LogP contribution in [0.15, 0.2) is 54.6 Å². The normalized spacial score (nSPS) is 22.8. The molecule has 0 saturated carbocycles. The Kier molecular flexibility index (Phi) is 5.76. The number of nitrogens with one attached hydrogen (secondary N) is 1. The lowest BCUT2D eigenvalue weighted by molar-refractivity contribution is -0.130. The first kappa shape index (κ1) is 20.4. The van der Waals surface area contributed by atoms with Crippen LogP contribution in [-0.2, 0) is 26.0 Å². The summed E-state index contributed by atoms with van der Waals surface area (Å²) in [6.07, 6.45) is 0.580. The maximum atomic E-state index is 12.6. The first-order valence-corrected chi connectivity index (χ1v) is 11.8. The van der Waals surface area contributed by atoms with Gasteiger partial charge < -0.3 is 15.0 Å². The van der Waals surface area contributed by atoms with Gasteiger partial charge in [-0.15, -0.1) is 0 Å². The van der Waals surface area contributed by atoms with E-state index in [0.717, 1.165) is 11.3 Å². The second kappa shape index (κ2) is 8.47. The van der Waals surface area contributed by atoms with E-state index in [2.05, 4.69) is 5.32 Å². The van der Waals surface area contributed by atoms with Gasteiger partial charge in [0.2, 0.25) is 11.8 Å². The number of sulfone groups is 1. The van der Waals surface area contributed by atoms with E-state index in [9.17, 15) is 18.0 Å². The molecule has 4 rings (SSSR count). The molecule has 2 saturated heterocycles. The van der Waals surface area contributed by atoms with Gasteiger partial charge in [0.05, 0.1) is 17.4 Å². The summed E-state index contributed by atoms with van der Waals surface area (Å²) in [6, 6.07) is 16.6. The van der Waals surface area contributed by atoms with E-state index < -0.39 is 15.8 Å². The topological polar surface area (TPSA) is 92.8 Å². The molecule has 30 heavy (non-hydrogen) atoms. The van der Waals surface area contributed by atoms with Crippen molar-refractivity contribution >= 4 is 21.7 Å². The van der Waals surface area contributed by atoms with E-state index in [1.165, 1.54) is 0 Å². The molecule has 0 radical (unpaired) electrons. The molecule has 2 aliphatic rings. The smallest absolute Gasteiger partial charge is 0.225 e. The summed E-state index contributed by atoms with van der Waals surface area (Å²) < 4.78 is 29.2. The van der Waals surface area contributed by atoms with Gasteiger partial charge in [-0.25, -0.2) is 8.42 Å². The molecule has 7 nitrogen and oxygen atoms in total. The molecule has 1 N–H and O–H groups in total. The quantitative estimate of drug-likeness (QED) is 0.761. The highest BCUT2D eigenvalue weighted by molar-refractivity contribution is 7.91. The minimum Gasteiger partial charge on any atom is -0.457 e. The van der Waals surface area contributed by atoms with E-state index in [1.54, 1.807) is 4.90 Å². The lowest BCUT2D eigenvalue weighted by atomic mass is 10.1. The molecule has 2 atom stereocenters. The summed E-state index contributed by atoms with van der Waals surface area (Å²) in [5.41, 5.74) is 0.889. The van der Waals surface area contributed by atoms with Crippen LogP contribution < -0.4 is 10.1 Å². The number of carbonyl (C=O) groups excluding carboxylic acids is 2. The maximum absolute atomic E-state index is 12.6. The van der Waals surface area contributed by atoms with Gasteiger partial charge in [-0.3, -0.25) is 9.59 Å². The van der Waals surface area contributed by atoms with E-state index >= 15 is 0 Å². The Bertz CT molecular complexity index is 1040. The predicted octanol–water partition coefficient (Wildman–Crippen LogP) is 2.13. The number of hydrogen-bond acceptors (Lipinski definition) is 5. The lowest BCUT2D eigenvalue weighted by Gasteiger charge is -2.22. The van der Waals surface area contributed by atoms with E-state index in [1.807, 2.05) is 54.6 Å². The van der Waals surface area contributed by atoms with Crippen molar-refractivity contribution in [3.05, 3.63) is 60.2 Å². The van der Waals surface area contributed by atoms with Crippen molar-refractivity contribution < 1.29 is 22.7 Å². The predicted molar refractivity (Wildman–Crippen MR) is 112 cm³/mol. The third-order valence-electron chi connectivity index (χ3n) is 5.52. The number of ether oxygens (including phenoxy) is 1. The molecule has 2 fully saturated rings. The van der Waals surface area contributed by atoms with Crippen LogP contribution in [0.2, 0.25) is 0 Å². The second-order valence-corrected chi connectivity index (χ2v) is 10.0. The van der Waals surface area contributed by atoms with Crippen LogP contribution in [0.5, 0.6) is 11.5 Å². The van der Waals surface area contributed by atoms with Gasteiger partial charge in [0.1, 0.15) is 11.5 Å². The van der Waals surface area contributed by atoms with Crippen molar-refractivity contribution in [2.75, 3.05) is 18.1 Å². The fourth-order valence-corrected chi connectivity index (χ4v) is 5.69. The Morgan fingerprint density at radius 1 is 1.10 bits per heavy atom. The van der Waals surface area contributed by atoms with Crippen molar-refractivity contribution in [2.24, 2.45) is 5.92 Å². The number of rotatable bonds is 6. The molecule has 2 aromatic carbocycles. The van der Waals surface area contributed by atoms with Crippen LogP contribution in [0.3, 0.4) is 0 Å². The zero-order valence-electron chi connectivity index (χ0n) is 16.5. The zero-order valence-corrected chi connectivity index (χ0v) is 17.3. The molecule has 0 bridgehead atoms. The van der Waals surface area contributed by atoms with Crippen molar-refractivity contribution in [2.45, 2.75) is 25.4 Å². The highest BCUT2D eigenvalue weighted by Gasteiger charge is 2.41. The molecule has 2 aromatic rings. The van der Waals surface area contributed by atoms with Crippen molar-refractivity contribution in [1.82, 2.24) is 10.2 Å². The molecule has 158 valence electrons. The Hall–Kier alpha value is -2.87. The van der Waals surface area contributed by atoms with E-state index in [4.69, 9.17) is 4.74 Å². The van der Waals surface area contributed by atoms with Crippen molar-refractivity contribution in [1.29, 1.82) is 0 Å². The van der Waals surface area contributed by atoms with E-state index in [-0.39, 0.29) is 42.3 Å². The maximum Gasteiger partial charge on any atom is 0.225 e. The van der Waals surface area contributed by atoms with Crippen molar-refractivity contribution in [3.8, 4) is 11.5 Å². The average Bonchev–Trinajstić information content (AvgIpc) is 3.29. The van der Waals surface area contributed by atoms with E-state index in [0.29, 0.717) is 18.7 Å². The molecule has 0 spiro atoms.